The fraction of sp³-hybridized carbons (Fsp3) is 0.273. The van der Waals surface area contributed by atoms with Gasteiger partial charge in [-0.1, -0.05) is 48.5 Å². The number of hydrogen-bond donors (Lipinski definition) is 1. The van der Waals surface area contributed by atoms with Crippen LogP contribution in [0.4, 0.5) is 5.13 Å². The standard InChI is InChI=1S/C22H23N3O2S/c26-21(20-9-5-4-8-18(20)14-17-6-2-1-3-7-17)24-22-23-19(16-28-22)15-25-10-12-27-13-11-25/h1-9,16H,10-15H2,(H,23,24,26). The fourth-order valence-corrected chi connectivity index (χ4v) is 4.00. The molecule has 0 unspecified atom stereocenters. The number of nitrogens with zero attached hydrogens (tertiary/aromatic N) is 2. The van der Waals surface area contributed by atoms with Crippen molar-refractivity contribution >= 4 is 22.4 Å². The van der Waals surface area contributed by atoms with Crippen LogP contribution in [0.1, 0.15) is 27.2 Å². The van der Waals surface area contributed by atoms with Crippen LogP contribution in [0.2, 0.25) is 0 Å². The van der Waals surface area contributed by atoms with E-state index in [9.17, 15) is 4.79 Å². The Kier molecular flexibility index (Phi) is 6.11. The molecule has 1 aliphatic heterocycles. The van der Waals surface area contributed by atoms with Crippen LogP contribution in [-0.4, -0.2) is 42.1 Å². The molecule has 1 amide bonds. The Morgan fingerprint density at radius 1 is 1.07 bits per heavy atom. The van der Waals surface area contributed by atoms with Gasteiger partial charge in [0.05, 0.1) is 18.9 Å². The fourth-order valence-electron chi connectivity index (χ4n) is 3.30. The Balaban J connectivity index is 1.43. The van der Waals surface area contributed by atoms with Gasteiger partial charge < -0.3 is 4.74 Å². The monoisotopic (exact) mass is 393 g/mol. The zero-order valence-corrected chi connectivity index (χ0v) is 16.5. The van der Waals surface area contributed by atoms with Crippen LogP contribution in [0, 0.1) is 0 Å². The number of nitrogens with one attached hydrogen (secondary N) is 1. The Hall–Kier alpha value is -2.54. The lowest BCUT2D eigenvalue weighted by atomic mass is 9.99. The lowest BCUT2D eigenvalue weighted by Gasteiger charge is -2.25. The summed E-state index contributed by atoms with van der Waals surface area (Å²) in [5.74, 6) is -0.112. The van der Waals surface area contributed by atoms with Gasteiger partial charge in [-0.2, -0.15) is 0 Å². The largest absolute Gasteiger partial charge is 0.379 e. The maximum atomic E-state index is 12.9. The number of benzene rings is 2. The smallest absolute Gasteiger partial charge is 0.257 e. The average Bonchev–Trinajstić information content (AvgIpc) is 3.16. The predicted molar refractivity (Wildman–Crippen MR) is 112 cm³/mol. The number of amides is 1. The summed E-state index contributed by atoms with van der Waals surface area (Å²) in [5, 5.41) is 5.62. The third-order valence-electron chi connectivity index (χ3n) is 4.76. The summed E-state index contributed by atoms with van der Waals surface area (Å²) in [7, 11) is 0. The Morgan fingerprint density at radius 3 is 2.64 bits per heavy atom. The number of thiazole rings is 1. The highest BCUT2D eigenvalue weighted by Crippen LogP contribution is 2.20. The minimum Gasteiger partial charge on any atom is -0.379 e. The molecule has 1 aliphatic rings. The highest BCUT2D eigenvalue weighted by atomic mass is 32.1. The third-order valence-corrected chi connectivity index (χ3v) is 5.57. The van der Waals surface area contributed by atoms with Crippen molar-refractivity contribution in [3.05, 3.63) is 82.4 Å². The number of anilines is 1. The molecule has 2 heterocycles. The van der Waals surface area contributed by atoms with E-state index >= 15 is 0 Å². The van der Waals surface area contributed by atoms with Crippen molar-refractivity contribution in [1.82, 2.24) is 9.88 Å². The summed E-state index contributed by atoms with van der Waals surface area (Å²) in [6.45, 7) is 4.18. The molecule has 0 spiro atoms. The van der Waals surface area contributed by atoms with Crippen LogP contribution in [-0.2, 0) is 17.7 Å². The molecule has 3 aromatic rings. The number of morpholine rings is 1. The van der Waals surface area contributed by atoms with E-state index in [-0.39, 0.29) is 5.91 Å². The minimum atomic E-state index is -0.112. The van der Waals surface area contributed by atoms with Crippen molar-refractivity contribution in [2.24, 2.45) is 0 Å². The second kappa shape index (κ2) is 9.10. The first kappa shape index (κ1) is 18.8. The summed E-state index contributed by atoms with van der Waals surface area (Å²) in [5.41, 5.74) is 3.87. The van der Waals surface area contributed by atoms with E-state index in [4.69, 9.17) is 4.74 Å². The molecule has 0 saturated carbocycles. The van der Waals surface area contributed by atoms with Gasteiger partial charge in [-0.05, 0) is 23.6 Å². The second-order valence-corrected chi connectivity index (χ2v) is 7.66. The molecule has 1 saturated heterocycles. The topological polar surface area (TPSA) is 54.5 Å². The summed E-state index contributed by atoms with van der Waals surface area (Å²) in [4.78, 5) is 19.8. The number of carbonyl (C=O) groups excluding carboxylic acids is 1. The van der Waals surface area contributed by atoms with E-state index in [0.717, 1.165) is 50.5 Å². The van der Waals surface area contributed by atoms with Gasteiger partial charge in [0.15, 0.2) is 5.13 Å². The van der Waals surface area contributed by atoms with E-state index in [2.05, 4.69) is 27.3 Å². The summed E-state index contributed by atoms with van der Waals surface area (Å²) >= 11 is 1.47. The first-order valence-corrected chi connectivity index (χ1v) is 10.3. The number of aromatic nitrogens is 1. The van der Waals surface area contributed by atoms with Gasteiger partial charge in [0.25, 0.3) is 5.91 Å². The summed E-state index contributed by atoms with van der Waals surface area (Å²) in [6.07, 6.45) is 0.727. The van der Waals surface area contributed by atoms with E-state index in [0.29, 0.717) is 10.7 Å². The molecule has 5 nitrogen and oxygen atoms in total. The van der Waals surface area contributed by atoms with Crippen LogP contribution in [0.15, 0.2) is 60.0 Å². The van der Waals surface area contributed by atoms with Gasteiger partial charge in [-0.15, -0.1) is 11.3 Å². The van der Waals surface area contributed by atoms with Crippen molar-refractivity contribution in [2.45, 2.75) is 13.0 Å². The van der Waals surface area contributed by atoms with Crippen molar-refractivity contribution in [2.75, 3.05) is 31.6 Å². The molecule has 4 rings (SSSR count). The molecule has 6 heteroatoms. The van der Waals surface area contributed by atoms with Crippen LogP contribution in [0.25, 0.3) is 0 Å². The van der Waals surface area contributed by atoms with Crippen LogP contribution in [0.5, 0.6) is 0 Å². The molecule has 144 valence electrons. The normalized spacial score (nSPS) is 14.7. The number of rotatable bonds is 6. The van der Waals surface area contributed by atoms with Crippen molar-refractivity contribution in [3.63, 3.8) is 0 Å². The molecule has 1 aromatic heterocycles. The molecule has 0 radical (unpaired) electrons. The summed E-state index contributed by atoms with van der Waals surface area (Å²) in [6, 6.07) is 17.9. The average molecular weight is 394 g/mol. The van der Waals surface area contributed by atoms with E-state index in [1.54, 1.807) is 0 Å². The molecule has 1 N–H and O–H groups in total. The Morgan fingerprint density at radius 2 is 1.82 bits per heavy atom. The van der Waals surface area contributed by atoms with Crippen LogP contribution in [0.3, 0.4) is 0 Å². The van der Waals surface area contributed by atoms with Gasteiger partial charge in [0.2, 0.25) is 0 Å². The molecule has 1 fully saturated rings. The van der Waals surface area contributed by atoms with Crippen molar-refractivity contribution in [3.8, 4) is 0 Å². The molecule has 2 aromatic carbocycles. The molecule has 28 heavy (non-hydrogen) atoms. The van der Waals surface area contributed by atoms with Gasteiger partial charge in [0, 0.05) is 30.6 Å². The van der Waals surface area contributed by atoms with Gasteiger partial charge in [-0.25, -0.2) is 4.98 Å². The number of hydrogen-bond acceptors (Lipinski definition) is 5. The first-order valence-electron chi connectivity index (χ1n) is 9.45. The maximum absolute atomic E-state index is 12.9. The Bertz CT molecular complexity index is 920. The van der Waals surface area contributed by atoms with E-state index in [1.165, 1.54) is 16.9 Å². The van der Waals surface area contributed by atoms with Gasteiger partial charge in [0.1, 0.15) is 0 Å². The predicted octanol–water partition coefficient (Wildman–Crippen LogP) is 3.82. The van der Waals surface area contributed by atoms with Crippen molar-refractivity contribution in [1.29, 1.82) is 0 Å². The van der Waals surface area contributed by atoms with Gasteiger partial charge >= 0.3 is 0 Å². The quantitative estimate of drug-likeness (QED) is 0.692. The molecular formula is C22H23N3O2S. The highest BCUT2D eigenvalue weighted by Gasteiger charge is 2.15. The zero-order chi connectivity index (χ0) is 19.2. The maximum Gasteiger partial charge on any atom is 0.257 e. The Labute approximate surface area is 169 Å². The SMILES string of the molecule is O=C(Nc1nc(CN2CCOCC2)cs1)c1ccccc1Cc1ccccc1. The van der Waals surface area contributed by atoms with Gasteiger partial charge in [-0.3, -0.25) is 15.0 Å². The number of carbonyl (C=O) groups is 1. The number of ether oxygens (including phenoxy) is 1. The van der Waals surface area contributed by atoms with Crippen LogP contribution >= 0.6 is 11.3 Å². The minimum absolute atomic E-state index is 0.112. The molecular weight excluding hydrogens is 370 g/mol. The highest BCUT2D eigenvalue weighted by molar-refractivity contribution is 7.14. The molecule has 0 bridgehead atoms. The lowest BCUT2D eigenvalue weighted by Crippen LogP contribution is -2.35. The summed E-state index contributed by atoms with van der Waals surface area (Å²) < 4.78 is 5.38. The lowest BCUT2D eigenvalue weighted by molar-refractivity contribution is 0.0337. The van der Waals surface area contributed by atoms with E-state index in [1.807, 2.05) is 47.8 Å². The zero-order valence-electron chi connectivity index (χ0n) is 15.6. The van der Waals surface area contributed by atoms with Crippen molar-refractivity contribution < 1.29 is 9.53 Å². The third kappa shape index (κ3) is 4.84. The molecule has 0 atom stereocenters. The second-order valence-electron chi connectivity index (χ2n) is 6.81. The molecule has 0 aliphatic carbocycles. The first-order chi connectivity index (χ1) is 13.8. The van der Waals surface area contributed by atoms with Crippen LogP contribution < -0.4 is 5.32 Å². The van der Waals surface area contributed by atoms with E-state index < -0.39 is 0 Å².